The van der Waals surface area contributed by atoms with E-state index in [-0.39, 0.29) is 10.7 Å². The van der Waals surface area contributed by atoms with Crippen LogP contribution in [0, 0.1) is 0 Å². The maximum Gasteiger partial charge on any atom is 0.416 e. The minimum Gasteiger partial charge on any atom is -0.370 e. The summed E-state index contributed by atoms with van der Waals surface area (Å²) < 4.78 is 41.4. The van der Waals surface area contributed by atoms with Crippen LogP contribution in [0.25, 0.3) is 5.69 Å². The number of piperidine rings is 1. The molecule has 3 heterocycles. The average molecular weight is 427 g/mol. The average Bonchev–Trinajstić information content (AvgIpc) is 2.87. The van der Waals surface area contributed by atoms with Crippen molar-refractivity contribution in [3.63, 3.8) is 0 Å². The fourth-order valence-electron chi connectivity index (χ4n) is 4.25. The Labute approximate surface area is 174 Å². The van der Waals surface area contributed by atoms with Crippen molar-refractivity contribution in [1.29, 1.82) is 0 Å². The Kier molecular flexibility index (Phi) is 6.06. The number of likely N-dealkylation sites (tertiary alicyclic amines) is 1. The van der Waals surface area contributed by atoms with Gasteiger partial charge in [-0.1, -0.05) is 18.0 Å². The molecule has 0 spiro atoms. The van der Waals surface area contributed by atoms with E-state index in [1.54, 1.807) is 4.68 Å². The van der Waals surface area contributed by atoms with E-state index in [2.05, 4.69) is 10.2 Å². The van der Waals surface area contributed by atoms with Crippen molar-refractivity contribution in [2.45, 2.75) is 51.1 Å². The Morgan fingerprint density at radius 1 is 1.07 bits per heavy atom. The van der Waals surface area contributed by atoms with Crippen molar-refractivity contribution in [3.05, 3.63) is 40.0 Å². The number of halogens is 4. The quantitative estimate of drug-likeness (QED) is 0.718. The van der Waals surface area contributed by atoms with Crippen molar-refractivity contribution in [1.82, 2.24) is 14.7 Å². The zero-order chi connectivity index (χ0) is 20.4. The molecule has 4 nitrogen and oxygen atoms in total. The Bertz CT molecular complexity index is 856. The van der Waals surface area contributed by atoms with Gasteiger partial charge in [0, 0.05) is 25.1 Å². The fourth-order valence-corrected chi connectivity index (χ4v) is 4.44. The van der Waals surface area contributed by atoms with E-state index in [0.717, 1.165) is 81.1 Å². The number of anilines is 1. The molecule has 0 aliphatic carbocycles. The molecule has 0 amide bonds. The minimum atomic E-state index is -4.42. The Hall–Kier alpha value is -1.73. The van der Waals surface area contributed by atoms with E-state index in [0.29, 0.717) is 0 Å². The minimum absolute atomic E-state index is 0.261. The van der Waals surface area contributed by atoms with Gasteiger partial charge in [-0.25, -0.2) is 4.68 Å². The second-order valence-corrected chi connectivity index (χ2v) is 8.29. The topological polar surface area (TPSA) is 33.1 Å². The summed E-state index contributed by atoms with van der Waals surface area (Å²) in [5.74, 6) is 0.789. The number of hydrogen-bond acceptors (Lipinski definition) is 3. The van der Waals surface area contributed by atoms with Gasteiger partial charge in [0.1, 0.15) is 5.82 Å². The molecule has 8 heteroatoms. The van der Waals surface area contributed by atoms with Crippen molar-refractivity contribution in [2.24, 2.45) is 0 Å². The second-order valence-electron chi connectivity index (χ2n) is 7.89. The fraction of sp³-hybridized carbons (Fsp3) is 0.571. The van der Waals surface area contributed by atoms with E-state index in [1.165, 1.54) is 25.3 Å². The number of hydrogen-bond donors (Lipinski definition) is 1. The largest absolute Gasteiger partial charge is 0.416 e. The summed E-state index contributed by atoms with van der Waals surface area (Å²) in [4.78, 5) is 2.45. The molecular formula is C21H26ClF3N4. The summed E-state index contributed by atoms with van der Waals surface area (Å²) in [5, 5.41) is 8.39. The van der Waals surface area contributed by atoms with Crippen LogP contribution in [0.5, 0.6) is 0 Å². The van der Waals surface area contributed by atoms with Crippen LogP contribution in [0.15, 0.2) is 18.2 Å². The molecule has 0 unspecified atom stereocenters. The van der Waals surface area contributed by atoms with Crippen molar-refractivity contribution >= 4 is 17.4 Å². The SMILES string of the molecule is FC(F)(F)c1ccc(Cl)c(-n2nc(CCN3CCCCC3)c3c2NCCCC3)c1. The number of aromatic nitrogens is 2. The van der Waals surface area contributed by atoms with E-state index < -0.39 is 11.7 Å². The number of nitrogens with one attached hydrogen (secondary N) is 1. The molecule has 158 valence electrons. The summed E-state index contributed by atoms with van der Waals surface area (Å²) in [5.41, 5.74) is 1.64. The van der Waals surface area contributed by atoms with Crippen LogP contribution < -0.4 is 5.32 Å². The summed E-state index contributed by atoms with van der Waals surface area (Å²) in [6.07, 6.45) is 3.07. The molecule has 2 aliphatic heterocycles. The molecule has 1 aromatic heterocycles. The van der Waals surface area contributed by atoms with Gasteiger partial charge in [0.05, 0.1) is 22.0 Å². The third-order valence-corrected chi connectivity index (χ3v) is 6.15. The van der Waals surface area contributed by atoms with E-state index in [9.17, 15) is 13.2 Å². The van der Waals surface area contributed by atoms with Crippen molar-refractivity contribution in [3.8, 4) is 5.69 Å². The maximum atomic E-state index is 13.3. The van der Waals surface area contributed by atoms with Crippen LogP contribution in [0.3, 0.4) is 0 Å². The van der Waals surface area contributed by atoms with Gasteiger partial charge in [-0.15, -0.1) is 0 Å². The Morgan fingerprint density at radius 3 is 2.62 bits per heavy atom. The first-order valence-electron chi connectivity index (χ1n) is 10.4. The van der Waals surface area contributed by atoms with Crippen LogP contribution in [0.1, 0.15) is 48.9 Å². The predicted molar refractivity (Wildman–Crippen MR) is 109 cm³/mol. The molecule has 0 radical (unpaired) electrons. The van der Waals surface area contributed by atoms with Crippen LogP contribution in [-0.4, -0.2) is 40.9 Å². The molecule has 1 aromatic carbocycles. The predicted octanol–water partition coefficient (Wildman–Crippen LogP) is 5.32. The van der Waals surface area contributed by atoms with Gasteiger partial charge in [-0.2, -0.15) is 18.3 Å². The molecule has 0 saturated carbocycles. The van der Waals surface area contributed by atoms with Gasteiger partial charge in [-0.05, 0) is 63.4 Å². The summed E-state index contributed by atoms with van der Waals surface area (Å²) >= 11 is 6.31. The first kappa shape index (κ1) is 20.5. The lowest BCUT2D eigenvalue weighted by molar-refractivity contribution is -0.137. The van der Waals surface area contributed by atoms with Crippen LogP contribution in [-0.2, 0) is 19.0 Å². The van der Waals surface area contributed by atoms with Crippen LogP contribution in [0.4, 0.5) is 19.0 Å². The maximum absolute atomic E-state index is 13.3. The molecule has 1 saturated heterocycles. The monoisotopic (exact) mass is 426 g/mol. The number of fused-ring (bicyclic) bond motifs is 1. The highest BCUT2D eigenvalue weighted by Gasteiger charge is 2.32. The zero-order valence-corrected chi connectivity index (χ0v) is 17.1. The summed E-state index contributed by atoms with van der Waals surface area (Å²) in [7, 11) is 0. The van der Waals surface area contributed by atoms with Gasteiger partial charge in [0.25, 0.3) is 0 Å². The summed E-state index contributed by atoms with van der Waals surface area (Å²) in [6.45, 7) is 3.93. The molecule has 0 bridgehead atoms. The van der Waals surface area contributed by atoms with Gasteiger partial charge >= 0.3 is 6.18 Å². The Balaban J connectivity index is 1.69. The number of benzene rings is 1. The van der Waals surface area contributed by atoms with E-state index in [1.807, 2.05) is 0 Å². The summed E-state index contributed by atoms with van der Waals surface area (Å²) in [6, 6.07) is 3.41. The first-order valence-corrected chi connectivity index (χ1v) is 10.8. The molecule has 4 rings (SSSR count). The van der Waals surface area contributed by atoms with Gasteiger partial charge in [0.15, 0.2) is 0 Å². The third-order valence-electron chi connectivity index (χ3n) is 5.83. The number of rotatable bonds is 4. The zero-order valence-electron chi connectivity index (χ0n) is 16.4. The number of nitrogens with zero attached hydrogens (tertiary/aromatic N) is 3. The van der Waals surface area contributed by atoms with Crippen LogP contribution >= 0.6 is 11.6 Å². The first-order chi connectivity index (χ1) is 13.9. The van der Waals surface area contributed by atoms with E-state index >= 15 is 0 Å². The lowest BCUT2D eigenvalue weighted by atomic mass is 10.1. The smallest absolute Gasteiger partial charge is 0.370 e. The van der Waals surface area contributed by atoms with Crippen molar-refractivity contribution in [2.75, 3.05) is 31.5 Å². The molecular weight excluding hydrogens is 401 g/mol. The lowest BCUT2D eigenvalue weighted by Crippen LogP contribution is -2.31. The molecule has 2 aromatic rings. The van der Waals surface area contributed by atoms with Gasteiger partial charge in [-0.3, -0.25) is 0 Å². The third kappa shape index (κ3) is 4.56. The lowest BCUT2D eigenvalue weighted by Gasteiger charge is -2.26. The molecule has 0 atom stereocenters. The molecule has 29 heavy (non-hydrogen) atoms. The van der Waals surface area contributed by atoms with Gasteiger partial charge in [0.2, 0.25) is 0 Å². The number of alkyl halides is 3. The molecule has 1 fully saturated rings. The highest BCUT2D eigenvalue weighted by atomic mass is 35.5. The molecule has 1 N–H and O–H groups in total. The standard InChI is InChI=1S/C21H26ClF3N4/c22-17-8-7-15(21(23,24)25)14-19(17)29-20-16(6-2-3-10-26-20)18(27-29)9-13-28-11-4-1-5-12-28/h7-8,14,26H,1-6,9-13H2. The normalized spacial score (nSPS) is 18.2. The highest BCUT2D eigenvalue weighted by molar-refractivity contribution is 6.32. The van der Waals surface area contributed by atoms with Crippen molar-refractivity contribution < 1.29 is 13.2 Å². The van der Waals surface area contributed by atoms with Crippen LogP contribution in [0.2, 0.25) is 5.02 Å². The second kappa shape index (κ2) is 8.56. The molecule has 2 aliphatic rings. The Morgan fingerprint density at radius 2 is 1.86 bits per heavy atom. The van der Waals surface area contributed by atoms with Gasteiger partial charge < -0.3 is 10.2 Å². The van der Waals surface area contributed by atoms with E-state index in [4.69, 9.17) is 16.7 Å². The highest BCUT2D eigenvalue weighted by Crippen LogP contribution is 2.36.